The van der Waals surface area contributed by atoms with Gasteiger partial charge in [0, 0.05) is 36.1 Å². The molecule has 3 N–H and O–H groups in total. The molecular formula is C21H23N5O3. The van der Waals surface area contributed by atoms with E-state index in [4.69, 9.17) is 9.47 Å². The quantitative estimate of drug-likeness (QED) is 0.552. The van der Waals surface area contributed by atoms with Crippen molar-refractivity contribution in [2.45, 2.75) is 13.8 Å². The summed E-state index contributed by atoms with van der Waals surface area (Å²) < 4.78 is 10.7. The van der Waals surface area contributed by atoms with Gasteiger partial charge in [0.2, 0.25) is 11.9 Å². The van der Waals surface area contributed by atoms with E-state index in [9.17, 15) is 4.79 Å². The lowest BCUT2D eigenvalue weighted by atomic mass is 10.2. The summed E-state index contributed by atoms with van der Waals surface area (Å²) in [5.41, 5.74) is 2.95. The number of hydrogen-bond acceptors (Lipinski definition) is 7. The number of methoxy groups -OCH3 is 2. The highest BCUT2D eigenvalue weighted by Crippen LogP contribution is 2.31. The highest BCUT2D eigenvalue weighted by atomic mass is 16.5. The molecule has 3 rings (SSSR count). The topological polar surface area (TPSA) is 97.4 Å². The van der Waals surface area contributed by atoms with Gasteiger partial charge in [-0.3, -0.25) is 4.79 Å². The first-order chi connectivity index (χ1) is 14.0. The number of aryl methyl sites for hydroxylation is 1. The molecule has 0 bridgehead atoms. The Labute approximate surface area is 169 Å². The van der Waals surface area contributed by atoms with Gasteiger partial charge in [0.25, 0.3) is 0 Å². The van der Waals surface area contributed by atoms with E-state index in [1.165, 1.54) is 6.92 Å². The Kier molecular flexibility index (Phi) is 6.13. The second-order valence-electron chi connectivity index (χ2n) is 6.30. The maximum Gasteiger partial charge on any atom is 0.229 e. The van der Waals surface area contributed by atoms with Crippen LogP contribution in [-0.2, 0) is 4.79 Å². The fourth-order valence-electron chi connectivity index (χ4n) is 2.75. The van der Waals surface area contributed by atoms with Gasteiger partial charge in [-0.1, -0.05) is 6.07 Å². The molecule has 0 fully saturated rings. The third-order valence-electron chi connectivity index (χ3n) is 3.96. The molecule has 3 aromatic rings. The molecule has 0 saturated carbocycles. The van der Waals surface area contributed by atoms with Gasteiger partial charge in [0.15, 0.2) is 0 Å². The van der Waals surface area contributed by atoms with Crippen LogP contribution in [0, 0.1) is 6.92 Å². The summed E-state index contributed by atoms with van der Waals surface area (Å²) in [6.45, 7) is 3.35. The highest BCUT2D eigenvalue weighted by Gasteiger charge is 2.09. The Hall–Kier alpha value is -3.81. The van der Waals surface area contributed by atoms with Crippen molar-refractivity contribution in [1.29, 1.82) is 0 Å². The molecule has 8 nitrogen and oxygen atoms in total. The van der Waals surface area contributed by atoms with E-state index in [-0.39, 0.29) is 5.91 Å². The predicted molar refractivity (Wildman–Crippen MR) is 114 cm³/mol. The second kappa shape index (κ2) is 8.92. The average Bonchev–Trinajstić information content (AvgIpc) is 2.67. The minimum Gasteiger partial charge on any atom is -0.497 e. The van der Waals surface area contributed by atoms with Gasteiger partial charge in [-0.05, 0) is 37.3 Å². The first kappa shape index (κ1) is 19.9. The van der Waals surface area contributed by atoms with Gasteiger partial charge in [-0.15, -0.1) is 0 Å². The van der Waals surface area contributed by atoms with Crippen LogP contribution >= 0.6 is 0 Å². The average molecular weight is 393 g/mol. The van der Waals surface area contributed by atoms with Crippen molar-refractivity contribution >= 4 is 34.7 Å². The number of ether oxygens (including phenoxy) is 2. The lowest BCUT2D eigenvalue weighted by Gasteiger charge is -2.14. The molecule has 1 amide bonds. The minimum absolute atomic E-state index is 0.132. The number of nitrogens with zero attached hydrogens (tertiary/aromatic N) is 2. The standard InChI is InChI=1S/C21H23N5O3/c1-13-10-20(25-18-12-17(28-3)8-9-19(18)29-4)26-21(22-13)24-16-7-5-6-15(11-16)23-14(2)27/h5-12H,1-4H3,(H,23,27)(H2,22,24,25,26). The van der Waals surface area contributed by atoms with Gasteiger partial charge in [0.05, 0.1) is 19.9 Å². The maximum atomic E-state index is 11.3. The van der Waals surface area contributed by atoms with E-state index in [0.717, 1.165) is 17.1 Å². The summed E-state index contributed by atoms with van der Waals surface area (Å²) in [5.74, 6) is 2.26. The predicted octanol–water partition coefficient (Wildman–Crippen LogP) is 4.25. The second-order valence-corrected chi connectivity index (χ2v) is 6.30. The van der Waals surface area contributed by atoms with E-state index in [2.05, 4.69) is 25.9 Å². The SMILES string of the molecule is COc1ccc(OC)c(Nc2cc(C)nc(Nc3cccc(NC(C)=O)c3)n2)c1. The Balaban J connectivity index is 1.85. The number of rotatable bonds is 7. The molecule has 0 aliphatic heterocycles. The Morgan fingerprint density at radius 2 is 1.72 bits per heavy atom. The van der Waals surface area contributed by atoms with Crippen molar-refractivity contribution in [2.75, 3.05) is 30.2 Å². The lowest BCUT2D eigenvalue weighted by Crippen LogP contribution is -2.06. The van der Waals surface area contributed by atoms with Crippen LogP contribution in [0.2, 0.25) is 0 Å². The molecule has 29 heavy (non-hydrogen) atoms. The molecule has 1 heterocycles. The number of amides is 1. The molecule has 150 valence electrons. The molecule has 1 aromatic heterocycles. The van der Waals surface area contributed by atoms with Gasteiger partial charge in [0.1, 0.15) is 17.3 Å². The third-order valence-corrected chi connectivity index (χ3v) is 3.96. The van der Waals surface area contributed by atoms with E-state index in [0.29, 0.717) is 29.0 Å². The highest BCUT2D eigenvalue weighted by molar-refractivity contribution is 5.89. The van der Waals surface area contributed by atoms with Crippen LogP contribution in [-0.4, -0.2) is 30.1 Å². The first-order valence-corrected chi connectivity index (χ1v) is 8.96. The number of hydrogen-bond donors (Lipinski definition) is 3. The molecular weight excluding hydrogens is 370 g/mol. The number of benzene rings is 2. The number of carbonyl (C=O) groups excluding carboxylic acids is 1. The van der Waals surface area contributed by atoms with E-state index in [1.807, 2.05) is 55.5 Å². The molecule has 0 aliphatic rings. The van der Waals surface area contributed by atoms with Crippen LogP contribution in [0.15, 0.2) is 48.5 Å². The zero-order valence-electron chi connectivity index (χ0n) is 16.7. The summed E-state index contributed by atoms with van der Waals surface area (Å²) in [6.07, 6.45) is 0. The van der Waals surface area contributed by atoms with E-state index < -0.39 is 0 Å². The largest absolute Gasteiger partial charge is 0.497 e. The van der Waals surface area contributed by atoms with Crippen LogP contribution in [0.4, 0.5) is 28.8 Å². The van der Waals surface area contributed by atoms with E-state index >= 15 is 0 Å². The van der Waals surface area contributed by atoms with Gasteiger partial charge >= 0.3 is 0 Å². The van der Waals surface area contributed by atoms with Crippen molar-refractivity contribution in [3.63, 3.8) is 0 Å². The van der Waals surface area contributed by atoms with Gasteiger partial charge in [-0.25, -0.2) is 4.98 Å². The van der Waals surface area contributed by atoms with Crippen molar-refractivity contribution in [3.8, 4) is 11.5 Å². The zero-order chi connectivity index (χ0) is 20.8. The third kappa shape index (κ3) is 5.35. The van der Waals surface area contributed by atoms with Crippen molar-refractivity contribution in [1.82, 2.24) is 9.97 Å². The summed E-state index contributed by atoms with van der Waals surface area (Å²) in [6, 6.07) is 14.6. The monoisotopic (exact) mass is 393 g/mol. The number of aromatic nitrogens is 2. The van der Waals surface area contributed by atoms with Crippen LogP contribution in [0.3, 0.4) is 0 Å². The Morgan fingerprint density at radius 3 is 2.45 bits per heavy atom. The molecule has 2 aromatic carbocycles. The van der Waals surface area contributed by atoms with Crippen LogP contribution in [0.1, 0.15) is 12.6 Å². The molecule has 8 heteroatoms. The normalized spacial score (nSPS) is 10.2. The number of anilines is 5. The summed E-state index contributed by atoms with van der Waals surface area (Å²) in [5, 5.41) is 9.17. The fourth-order valence-corrected chi connectivity index (χ4v) is 2.75. The van der Waals surface area contributed by atoms with E-state index in [1.54, 1.807) is 14.2 Å². The minimum atomic E-state index is -0.132. The van der Waals surface area contributed by atoms with Crippen LogP contribution in [0.5, 0.6) is 11.5 Å². The van der Waals surface area contributed by atoms with Crippen LogP contribution < -0.4 is 25.4 Å². The summed E-state index contributed by atoms with van der Waals surface area (Å²) in [7, 11) is 3.21. The van der Waals surface area contributed by atoms with Gasteiger partial charge in [-0.2, -0.15) is 4.98 Å². The van der Waals surface area contributed by atoms with Crippen LogP contribution in [0.25, 0.3) is 0 Å². The summed E-state index contributed by atoms with van der Waals surface area (Å²) in [4.78, 5) is 20.2. The van der Waals surface area contributed by atoms with Crippen molar-refractivity contribution < 1.29 is 14.3 Å². The fraction of sp³-hybridized carbons (Fsp3) is 0.190. The lowest BCUT2D eigenvalue weighted by molar-refractivity contribution is -0.114. The first-order valence-electron chi connectivity index (χ1n) is 8.96. The molecule has 0 spiro atoms. The Morgan fingerprint density at radius 1 is 0.931 bits per heavy atom. The van der Waals surface area contributed by atoms with Crippen molar-refractivity contribution in [2.24, 2.45) is 0 Å². The smallest absolute Gasteiger partial charge is 0.229 e. The zero-order valence-corrected chi connectivity index (χ0v) is 16.7. The number of nitrogens with one attached hydrogen (secondary N) is 3. The maximum absolute atomic E-state index is 11.3. The Bertz CT molecular complexity index is 1020. The van der Waals surface area contributed by atoms with Crippen molar-refractivity contribution in [3.05, 3.63) is 54.2 Å². The van der Waals surface area contributed by atoms with Gasteiger partial charge < -0.3 is 25.4 Å². The molecule has 0 radical (unpaired) electrons. The molecule has 0 saturated heterocycles. The summed E-state index contributed by atoms with van der Waals surface area (Å²) >= 11 is 0. The molecule has 0 aliphatic carbocycles. The molecule has 0 atom stereocenters. The number of carbonyl (C=O) groups is 1. The molecule has 0 unspecified atom stereocenters.